The monoisotopic (exact) mass is 302 g/mol. The minimum absolute atomic E-state index is 0.0389. The lowest BCUT2D eigenvalue weighted by molar-refractivity contribution is -0.180. The predicted molar refractivity (Wildman–Crippen MR) is 77.8 cm³/mol. The number of methoxy groups -OCH3 is 1. The number of esters is 2. The summed E-state index contributed by atoms with van der Waals surface area (Å²) in [6.07, 6.45) is 1.25. The van der Waals surface area contributed by atoms with Gasteiger partial charge in [0.05, 0.1) is 12.2 Å². The first-order valence-corrected chi connectivity index (χ1v) is 6.93. The molecule has 0 radical (unpaired) electrons. The van der Waals surface area contributed by atoms with Gasteiger partial charge in [-0.3, -0.25) is 0 Å². The van der Waals surface area contributed by atoms with Crippen molar-refractivity contribution < 1.29 is 28.5 Å². The Labute approximate surface area is 126 Å². The Morgan fingerprint density at radius 3 is 2.33 bits per heavy atom. The highest BCUT2D eigenvalue weighted by Crippen LogP contribution is 2.15. The molecule has 0 saturated carbocycles. The van der Waals surface area contributed by atoms with Gasteiger partial charge in [0.25, 0.3) is 0 Å². The van der Waals surface area contributed by atoms with Crippen LogP contribution >= 0.6 is 0 Å². The Morgan fingerprint density at radius 2 is 1.86 bits per heavy atom. The van der Waals surface area contributed by atoms with Crippen LogP contribution in [0.25, 0.3) is 0 Å². The molecule has 0 aliphatic rings. The lowest BCUT2D eigenvalue weighted by Crippen LogP contribution is -2.41. The van der Waals surface area contributed by atoms with Gasteiger partial charge in [-0.2, -0.15) is 0 Å². The molecule has 0 N–H and O–H groups in total. The SMILES string of the molecule is C=CC(=O)OCC(C)OC(C)(C)C(=O)OCC(CC)OC. The average Bonchev–Trinajstić information content (AvgIpc) is 2.44. The maximum atomic E-state index is 12.0. The summed E-state index contributed by atoms with van der Waals surface area (Å²) in [4.78, 5) is 23.0. The standard InChI is InChI=1S/C15H26O6/c1-7-12(18-6)10-20-14(17)15(4,5)21-11(3)9-19-13(16)8-2/h8,11-12H,2,7,9-10H2,1,3-6H3. The lowest BCUT2D eigenvalue weighted by Gasteiger charge is -2.27. The first-order valence-electron chi connectivity index (χ1n) is 6.93. The van der Waals surface area contributed by atoms with E-state index in [9.17, 15) is 9.59 Å². The molecule has 2 atom stereocenters. The molecule has 0 aromatic rings. The Kier molecular flexibility index (Phi) is 8.89. The molecule has 21 heavy (non-hydrogen) atoms. The fourth-order valence-electron chi connectivity index (χ4n) is 1.54. The van der Waals surface area contributed by atoms with Gasteiger partial charge in [0.15, 0.2) is 5.60 Å². The molecule has 0 spiro atoms. The van der Waals surface area contributed by atoms with Crippen LogP contribution in [0.4, 0.5) is 0 Å². The molecule has 0 aromatic carbocycles. The summed E-state index contributed by atoms with van der Waals surface area (Å²) in [5, 5.41) is 0. The summed E-state index contributed by atoms with van der Waals surface area (Å²) in [5.74, 6) is -1.02. The van der Waals surface area contributed by atoms with Crippen molar-refractivity contribution in [1.29, 1.82) is 0 Å². The molecule has 0 rings (SSSR count). The van der Waals surface area contributed by atoms with Crippen molar-refractivity contribution in [3.05, 3.63) is 12.7 Å². The molecule has 6 heteroatoms. The van der Waals surface area contributed by atoms with Gasteiger partial charge < -0.3 is 18.9 Å². The fourth-order valence-corrected chi connectivity index (χ4v) is 1.54. The summed E-state index contributed by atoms with van der Waals surface area (Å²) in [5.41, 5.74) is -1.13. The first-order chi connectivity index (χ1) is 9.76. The molecule has 0 bridgehead atoms. The van der Waals surface area contributed by atoms with E-state index >= 15 is 0 Å². The Morgan fingerprint density at radius 1 is 1.24 bits per heavy atom. The van der Waals surface area contributed by atoms with Crippen LogP contribution in [0.1, 0.15) is 34.1 Å². The zero-order valence-electron chi connectivity index (χ0n) is 13.5. The van der Waals surface area contributed by atoms with Gasteiger partial charge >= 0.3 is 11.9 Å². The molecule has 2 unspecified atom stereocenters. The van der Waals surface area contributed by atoms with Crippen LogP contribution in [0.15, 0.2) is 12.7 Å². The highest BCUT2D eigenvalue weighted by Gasteiger charge is 2.33. The fraction of sp³-hybridized carbons (Fsp3) is 0.733. The van der Waals surface area contributed by atoms with E-state index in [1.54, 1.807) is 27.9 Å². The summed E-state index contributed by atoms with van der Waals surface area (Å²) >= 11 is 0. The van der Waals surface area contributed by atoms with E-state index in [1.165, 1.54) is 0 Å². The van der Waals surface area contributed by atoms with Crippen molar-refractivity contribution in [3.8, 4) is 0 Å². The quantitative estimate of drug-likeness (QED) is 0.453. The number of hydrogen-bond donors (Lipinski definition) is 0. The summed E-state index contributed by atoms with van der Waals surface area (Å²) in [7, 11) is 1.57. The van der Waals surface area contributed by atoms with Crippen molar-refractivity contribution in [2.45, 2.75) is 51.9 Å². The highest BCUT2D eigenvalue weighted by molar-refractivity contribution is 5.81. The first kappa shape index (κ1) is 19.6. The molecule has 0 aromatic heterocycles. The third-order valence-electron chi connectivity index (χ3n) is 2.80. The van der Waals surface area contributed by atoms with Gasteiger partial charge in [-0.05, 0) is 27.2 Å². The summed E-state index contributed by atoms with van der Waals surface area (Å²) in [6.45, 7) is 10.4. The third kappa shape index (κ3) is 7.82. The number of hydrogen-bond acceptors (Lipinski definition) is 6. The van der Waals surface area contributed by atoms with E-state index in [0.29, 0.717) is 0 Å². The lowest BCUT2D eigenvalue weighted by atomic mass is 10.1. The largest absolute Gasteiger partial charge is 0.461 e. The zero-order chi connectivity index (χ0) is 16.5. The van der Waals surface area contributed by atoms with Crippen molar-refractivity contribution in [1.82, 2.24) is 0 Å². The molecule has 0 aliphatic carbocycles. The number of carbonyl (C=O) groups excluding carboxylic acids is 2. The molecular formula is C15H26O6. The van der Waals surface area contributed by atoms with Crippen LogP contribution in [-0.2, 0) is 28.5 Å². The second-order valence-corrected chi connectivity index (χ2v) is 5.14. The predicted octanol–water partition coefficient (Wildman–Crippen LogP) is 1.87. The van der Waals surface area contributed by atoms with E-state index in [1.807, 2.05) is 6.92 Å². The number of carbonyl (C=O) groups is 2. The normalized spacial score (nSPS) is 14.1. The molecule has 0 heterocycles. The van der Waals surface area contributed by atoms with Gasteiger partial charge in [-0.25, -0.2) is 9.59 Å². The van der Waals surface area contributed by atoms with Gasteiger partial charge in [0.2, 0.25) is 0 Å². The van der Waals surface area contributed by atoms with E-state index < -0.39 is 23.6 Å². The zero-order valence-corrected chi connectivity index (χ0v) is 13.5. The second-order valence-electron chi connectivity index (χ2n) is 5.14. The number of ether oxygens (including phenoxy) is 4. The van der Waals surface area contributed by atoms with E-state index in [2.05, 4.69) is 6.58 Å². The van der Waals surface area contributed by atoms with Crippen molar-refractivity contribution >= 4 is 11.9 Å². The molecule has 0 amide bonds. The van der Waals surface area contributed by atoms with Gasteiger partial charge in [0.1, 0.15) is 13.2 Å². The molecular weight excluding hydrogens is 276 g/mol. The topological polar surface area (TPSA) is 71.1 Å². The van der Waals surface area contributed by atoms with Crippen molar-refractivity contribution in [2.24, 2.45) is 0 Å². The van der Waals surface area contributed by atoms with E-state index in [-0.39, 0.29) is 19.3 Å². The summed E-state index contributed by atoms with van der Waals surface area (Å²) in [6, 6.07) is 0. The van der Waals surface area contributed by atoms with Crippen LogP contribution in [0.2, 0.25) is 0 Å². The van der Waals surface area contributed by atoms with Crippen LogP contribution in [0, 0.1) is 0 Å². The van der Waals surface area contributed by atoms with E-state index in [0.717, 1.165) is 12.5 Å². The molecule has 0 aliphatic heterocycles. The van der Waals surface area contributed by atoms with Crippen LogP contribution in [-0.4, -0.2) is 50.1 Å². The van der Waals surface area contributed by atoms with E-state index in [4.69, 9.17) is 18.9 Å². The maximum absolute atomic E-state index is 12.0. The smallest absolute Gasteiger partial charge is 0.337 e. The van der Waals surface area contributed by atoms with Crippen LogP contribution in [0.5, 0.6) is 0 Å². The van der Waals surface area contributed by atoms with Crippen molar-refractivity contribution in [2.75, 3.05) is 20.3 Å². The Bertz CT molecular complexity index is 346. The minimum Gasteiger partial charge on any atom is -0.461 e. The van der Waals surface area contributed by atoms with Gasteiger partial charge in [-0.15, -0.1) is 0 Å². The maximum Gasteiger partial charge on any atom is 0.337 e. The third-order valence-corrected chi connectivity index (χ3v) is 2.80. The summed E-state index contributed by atoms with van der Waals surface area (Å²) < 4.78 is 20.7. The second kappa shape index (κ2) is 9.52. The Balaban J connectivity index is 4.29. The van der Waals surface area contributed by atoms with Gasteiger partial charge in [0, 0.05) is 13.2 Å². The molecule has 0 fully saturated rings. The van der Waals surface area contributed by atoms with Crippen LogP contribution < -0.4 is 0 Å². The average molecular weight is 302 g/mol. The Hall–Kier alpha value is -1.40. The minimum atomic E-state index is -1.13. The molecule has 6 nitrogen and oxygen atoms in total. The molecule has 122 valence electrons. The van der Waals surface area contributed by atoms with Gasteiger partial charge in [-0.1, -0.05) is 13.5 Å². The number of rotatable bonds is 10. The highest BCUT2D eigenvalue weighted by atomic mass is 16.6. The molecule has 0 saturated heterocycles. The van der Waals surface area contributed by atoms with Crippen LogP contribution in [0.3, 0.4) is 0 Å². The van der Waals surface area contributed by atoms with Crippen molar-refractivity contribution in [3.63, 3.8) is 0 Å².